The number of methoxy groups -OCH3 is 2. The Morgan fingerprint density at radius 3 is 1.85 bits per heavy atom. The summed E-state index contributed by atoms with van der Waals surface area (Å²) in [5.74, 6) is 1.36. The number of nitrogens with one attached hydrogen (secondary N) is 2. The Morgan fingerprint density at radius 1 is 0.909 bits per heavy atom. The molecular weight excluding hydrogens is 714 g/mol. The van der Waals surface area contributed by atoms with Crippen LogP contribution in [0.5, 0.6) is 11.5 Å². The lowest BCUT2D eigenvalue weighted by Crippen LogP contribution is -2.44. The van der Waals surface area contributed by atoms with Gasteiger partial charge < -0.3 is 45.0 Å². The summed E-state index contributed by atoms with van der Waals surface area (Å²) in [6.07, 6.45) is 3.16. The molecule has 2 aromatic carbocycles. The van der Waals surface area contributed by atoms with Gasteiger partial charge in [-0.3, -0.25) is 23.9 Å². The van der Waals surface area contributed by atoms with Crippen LogP contribution >= 0.6 is 0 Å². The van der Waals surface area contributed by atoms with Crippen LogP contribution in [-0.4, -0.2) is 105 Å². The fourth-order valence-electron chi connectivity index (χ4n) is 5.54. The van der Waals surface area contributed by atoms with Crippen LogP contribution in [0.2, 0.25) is 0 Å². The predicted molar refractivity (Wildman–Crippen MR) is 197 cm³/mol. The van der Waals surface area contributed by atoms with Crippen LogP contribution in [0.4, 0.5) is 0 Å². The molecule has 2 atom stereocenters. The van der Waals surface area contributed by atoms with Gasteiger partial charge >= 0.3 is 0 Å². The number of benzene rings is 2. The molecule has 0 radical (unpaired) electrons. The summed E-state index contributed by atoms with van der Waals surface area (Å²) in [6.45, 7) is 4.31. The first kappa shape index (κ1) is 39.9. The maximum Gasteiger partial charge on any atom is 0.270 e. The van der Waals surface area contributed by atoms with Crippen LogP contribution in [0.3, 0.4) is 0 Å². The number of hydrogen-bond acceptors (Lipinski definition) is 14. The van der Waals surface area contributed by atoms with E-state index >= 15 is 0 Å². The summed E-state index contributed by atoms with van der Waals surface area (Å²) in [5.41, 5.74) is 9.67. The van der Waals surface area contributed by atoms with E-state index < -0.39 is 5.91 Å². The highest BCUT2D eigenvalue weighted by Gasteiger charge is 2.29. The van der Waals surface area contributed by atoms with Crippen LogP contribution < -0.4 is 25.8 Å². The molecule has 3 aromatic heterocycles. The second kappa shape index (κ2) is 17.2. The normalized spacial score (nSPS) is 15.8. The fraction of sp³-hybridized carbons (Fsp3) is 0.361. The molecule has 0 aliphatic carbocycles. The Morgan fingerprint density at radius 2 is 1.44 bits per heavy atom. The predicted octanol–water partition coefficient (Wildman–Crippen LogP) is 2.53. The molecule has 5 N–H and O–H groups in total. The summed E-state index contributed by atoms with van der Waals surface area (Å²) in [4.78, 5) is 30.6. The molecule has 5 heterocycles. The van der Waals surface area contributed by atoms with Gasteiger partial charge in [-0.15, -0.1) is 0 Å². The van der Waals surface area contributed by atoms with Crippen LogP contribution in [0.15, 0.2) is 70.6 Å². The monoisotopic (exact) mass is 759 g/mol. The van der Waals surface area contributed by atoms with E-state index in [2.05, 4.69) is 36.1 Å². The van der Waals surface area contributed by atoms with Gasteiger partial charge in [0.15, 0.2) is 5.84 Å². The molecule has 292 valence electrons. The molecule has 2 aliphatic heterocycles. The van der Waals surface area contributed by atoms with Gasteiger partial charge in [-0.2, -0.15) is 15.2 Å². The van der Waals surface area contributed by atoms with E-state index in [9.17, 15) is 9.59 Å². The van der Waals surface area contributed by atoms with E-state index in [-0.39, 0.29) is 29.7 Å². The van der Waals surface area contributed by atoms with Gasteiger partial charge in [0.05, 0.1) is 12.1 Å². The molecule has 0 fully saturated rings. The van der Waals surface area contributed by atoms with Crippen LogP contribution in [0.1, 0.15) is 62.6 Å². The number of amides is 2. The summed E-state index contributed by atoms with van der Waals surface area (Å²) in [6, 6.07) is 13.7. The smallest absolute Gasteiger partial charge is 0.270 e. The maximum absolute atomic E-state index is 12.3. The number of nitrogens with zero attached hydrogens (tertiary/aromatic N) is 8. The number of amidine groups is 1. The minimum Gasteiger partial charge on any atom is -0.491 e. The fourth-order valence-corrected chi connectivity index (χ4v) is 5.54. The zero-order chi connectivity index (χ0) is 39.9. The van der Waals surface area contributed by atoms with E-state index in [0.717, 1.165) is 16.7 Å². The highest BCUT2D eigenvalue weighted by molar-refractivity contribution is 5.97. The Kier molecular flexibility index (Phi) is 12.5. The van der Waals surface area contributed by atoms with Gasteiger partial charge in [-0.25, -0.2) is 0 Å². The summed E-state index contributed by atoms with van der Waals surface area (Å²) in [7, 11) is 10.5. The number of carbonyl (C=O) groups excluding carboxylic acids is 2. The van der Waals surface area contributed by atoms with Crippen molar-refractivity contribution in [1.82, 2.24) is 45.2 Å². The second-order valence-electron chi connectivity index (χ2n) is 12.7. The van der Waals surface area contributed by atoms with E-state index in [1.165, 1.54) is 9.36 Å². The van der Waals surface area contributed by atoms with E-state index in [1.54, 1.807) is 78.0 Å². The number of hydrogen-bond donors (Lipinski definition) is 4. The second-order valence-corrected chi connectivity index (χ2v) is 12.7. The van der Waals surface area contributed by atoms with Crippen molar-refractivity contribution in [3.8, 4) is 22.9 Å². The molecule has 2 aliphatic rings. The van der Waals surface area contributed by atoms with E-state index in [0.29, 0.717) is 53.4 Å². The van der Waals surface area contributed by atoms with E-state index in [4.69, 9.17) is 34.4 Å². The first-order valence-electron chi connectivity index (χ1n) is 17.0. The van der Waals surface area contributed by atoms with Gasteiger partial charge in [0.2, 0.25) is 17.6 Å². The first-order chi connectivity index (χ1) is 26.3. The van der Waals surface area contributed by atoms with Crippen molar-refractivity contribution >= 4 is 17.6 Å². The van der Waals surface area contributed by atoms with Crippen molar-refractivity contribution in [3.63, 3.8) is 0 Å². The SMILES string of the molecule is COC(C)(OC)N(C)C.Cc1nc(-c2ccc3c(c2)OCC3NC(=O)c2ccnn2C)no1.Cn1nccc1C(=O)NC1COc2cc(C(N)=NO)ccc21. The van der Waals surface area contributed by atoms with Crippen LogP contribution in [-0.2, 0) is 23.6 Å². The molecule has 0 saturated carbocycles. The quantitative estimate of drug-likeness (QED) is 0.0557. The number of ether oxygens (including phenoxy) is 4. The number of oxime groups is 1. The maximum atomic E-state index is 12.3. The standard InChI is InChI=1S/C16H15N5O3.C14H15N5O3.C6H15NO2/c1-9-18-15(20-24-9)10-3-4-11-12(8-23-14(11)7-10)19-16(22)13-5-6-17-21(13)2;1-19-11(4-5-16-19)14(20)17-10-7-22-12-6-8(13(15)18-21)2-3-9(10)12;1-6(8-4,9-5)7(2)3/h3-7,12H,8H2,1-2H3,(H,19,22);2-6,10,21H,7H2,1H3,(H2,15,18)(H,17,20);1-5H3. The third kappa shape index (κ3) is 9.08. The summed E-state index contributed by atoms with van der Waals surface area (Å²) in [5, 5.41) is 29.4. The molecule has 5 aromatic rings. The minimum absolute atomic E-state index is 0.00812. The van der Waals surface area contributed by atoms with Gasteiger partial charge in [0.25, 0.3) is 11.8 Å². The van der Waals surface area contributed by atoms with E-state index in [1.807, 2.05) is 44.1 Å². The number of carbonyl (C=O) groups is 2. The number of rotatable bonds is 9. The Balaban J connectivity index is 0.000000174. The Bertz CT molecular complexity index is 2140. The summed E-state index contributed by atoms with van der Waals surface area (Å²) >= 11 is 0. The van der Waals surface area contributed by atoms with Crippen molar-refractivity contribution in [2.24, 2.45) is 25.0 Å². The van der Waals surface area contributed by atoms with Crippen molar-refractivity contribution < 1.29 is 38.3 Å². The van der Waals surface area contributed by atoms with Crippen molar-refractivity contribution in [1.29, 1.82) is 0 Å². The summed E-state index contributed by atoms with van der Waals surface area (Å²) < 4.78 is 29.4. The van der Waals surface area contributed by atoms with Gasteiger partial charge in [0, 0.05) is 76.8 Å². The number of nitrogens with two attached hydrogens (primary N) is 1. The first-order valence-corrected chi connectivity index (χ1v) is 17.0. The molecule has 0 spiro atoms. The molecule has 55 heavy (non-hydrogen) atoms. The lowest BCUT2D eigenvalue weighted by molar-refractivity contribution is -0.270. The van der Waals surface area contributed by atoms with Crippen molar-refractivity contribution in [2.45, 2.75) is 31.8 Å². The molecule has 19 nitrogen and oxygen atoms in total. The molecule has 2 unspecified atom stereocenters. The lowest BCUT2D eigenvalue weighted by atomic mass is 10.1. The molecule has 0 bridgehead atoms. The molecule has 2 amide bonds. The lowest BCUT2D eigenvalue weighted by Gasteiger charge is -2.32. The molecular formula is C36H45N11O8. The van der Waals surface area contributed by atoms with Crippen molar-refractivity contribution in [3.05, 3.63) is 94.9 Å². The average Bonchev–Trinajstić information content (AvgIpc) is 4.04. The van der Waals surface area contributed by atoms with Gasteiger partial charge in [-0.1, -0.05) is 34.6 Å². The highest BCUT2D eigenvalue weighted by Crippen LogP contribution is 2.36. The van der Waals surface area contributed by atoms with Gasteiger partial charge in [0.1, 0.15) is 36.1 Å². The Hall–Kier alpha value is -6.31. The van der Waals surface area contributed by atoms with Gasteiger partial charge in [-0.05, 0) is 38.4 Å². The average molecular weight is 760 g/mol. The molecule has 7 rings (SSSR count). The molecule has 19 heteroatoms. The van der Waals surface area contributed by atoms with Crippen molar-refractivity contribution in [2.75, 3.05) is 41.5 Å². The zero-order valence-electron chi connectivity index (χ0n) is 31.8. The Labute approximate surface area is 317 Å². The molecule has 0 saturated heterocycles. The number of aryl methyl sites for hydroxylation is 3. The zero-order valence-corrected chi connectivity index (χ0v) is 31.8. The third-order valence-electron chi connectivity index (χ3n) is 9.07. The minimum atomic E-state index is -0.583. The largest absolute Gasteiger partial charge is 0.491 e. The topological polar surface area (TPSA) is 232 Å². The van der Waals surface area contributed by atoms with Crippen LogP contribution in [0, 0.1) is 6.92 Å². The van der Waals surface area contributed by atoms with Crippen LogP contribution in [0.25, 0.3) is 11.4 Å². The highest BCUT2D eigenvalue weighted by atomic mass is 16.7. The number of fused-ring (bicyclic) bond motifs is 2. The number of aromatic nitrogens is 6. The third-order valence-corrected chi connectivity index (χ3v) is 9.07.